The maximum atomic E-state index is 14.1. The van der Waals surface area contributed by atoms with Gasteiger partial charge in [0.25, 0.3) is 0 Å². The number of halogens is 2. The number of ether oxygens (including phenoxy) is 1. The predicted octanol–water partition coefficient (Wildman–Crippen LogP) is 4.41. The molecule has 2 N–H and O–H groups in total. The largest absolute Gasteiger partial charge is 0.359 e. The number of fused-ring (bicyclic) bond motifs is 1. The van der Waals surface area contributed by atoms with Crippen LogP contribution >= 0.6 is 23.2 Å². The molecule has 0 aromatic heterocycles. The monoisotopic (exact) mass is 588 g/mol. The van der Waals surface area contributed by atoms with E-state index in [1.807, 2.05) is 12.2 Å². The van der Waals surface area contributed by atoms with Crippen LogP contribution in [-0.2, 0) is 19.1 Å². The summed E-state index contributed by atoms with van der Waals surface area (Å²) in [5.74, 6) is -2.18. The van der Waals surface area contributed by atoms with Crippen LogP contribution in [0.3, 0.4) is 0 Å². The van der Waals surface area contributed by atoms with Gasteiger partial charge in [0.1, 0.15) is 11.6 Å². The van der Waals surface area contributed by atoms with Gasteiger partial charge < -0.3 is 25.2 Å². The van der Waals surface area contributed by atoms with E-state index in [0.717, 1.165) is 51.7 Å². The van der Waals surface area contributed by atoms with Gasteiger partial charge in [-0.25, -0.2) is 0 Å². The Morgan fingerprint density at radius 2 is 1.73 bits per heavy atom. The third kappa shape index (κ3) is 5.17. The molecule has 5 aliphatic rings. The number of hydrogen-bond donors (Lipinski definition) is 2. The Morgan fingerprint density at radius 1 is 0.975 bits per heavy atom. The molecule has 1 spiro atoms. The number of piperidine rings is 1. The molecule has 8 nitrogen and oxygen atoms in total. The van der Waals surface area contributed by atoms with Crippen LogP contribution in [0.5, 0.6) is 0 Å². The summed E-state index contributed by atoms with van der Waals surface area (Å²) in [5, 5.41) is 6.88. The standard InChI is InChI=1S/C30H38Cl2N4O4/c31-21-11-10-20(18-22(21)32)34-27(37)24-23-12-13-30(40-23)25(24)29(39)36(17-7-16-35-14-5-2-6-15-35)26(30)28(38)33-19-8-3-1-4-9-19/h10-13,18-19,23-26H,1-9,14-17H2,(H,33,38)(H,34,37)/t23-,24+,25-,26-,30-/m0/s1. The number of nitrogens with one attached hydrogen (secondary N) is 2. The van der Waals surface area contributed by atoms with Gasteiger partial charge in [-0.2, -0.15) is 0 Å². The van der Waals surface area contributed by atoms with Gasteiger partial charge in [0.05, 0.1) is 28.0 Å². The number of hydrogen-bond acceptors (Lipinski definition) is 5. The Kier molecular flexibility index (Phi) is 8.14. The molecule has 0 radical (unpaired) electrons. The molecule has 6 rings (SSSR count). The van der Waals surface area contributed by atoms with E-state index >= 15 is 0 Å². The lowest BCUT2D eigenvalue weighted by atomic mass is 9.74. The lowest BCUT2D eigenvalue weighted by molar-refractivity contribution is -0.141. The lowest BCUT2D eigenvalue weighted by Crippen LogP contribution is -2.56. The average molecular weight is 590 g/mol. The maximum absolute atomic E-state index is 14.1. The van der Waals surface area contributed by atoms with Crippen LogP contribution in [0.25, 0.3) is 0 Å². The molecule has 2 bridgehead atoms. The number of anilines is 1. The van der Waals surface area contributed by atoms with E-state index in [-0.39, 0.29) is 23.8 Å². The number of rotatable bonds is 8. The SMILES string of the molecule is O=C(Nc1ccc(Cl)c(Cl)c1)[C@@H]1[C@@H]2C=C[C@]3(O2)[C@@H]1C(=O)N(CCCN1CCCCC1)[C@H]3C(=O)NC1CCCCC1. The Bertz CT molecular complexity index is 1180. The second kappa shape index (κ2) is 11.6. The first kappa shape index (κ1) is 28.0. The van der Waals surface area contributed by atoms with Crippen molar-refractivity contribution in [3.63, 3.8) is 0 Å². The molecule has 4 fully saturated rings. The smallest absolute Gasteiger partial charge is 0.246 e. The molecular weight excluding hydrogens is 551 g/mol. The van der Waals surface area contributed by atoms with E-state index in [4.69, 9.17) is 27.9 Å². The highest BCUT2D eigenvalue weighted by atomic mass is 35.5. The number of nitrogens with zero attached hydrogens (tertiary/aromatic N) is 2. The van der Waals surface area contributed by atoms with E-state index in [1.165, 1.54) is 25.7 Å². The predicted molar refractivity (Wildman–Crippen MR) is 154 cm³/mol. The molecule has 1 aromatic rings. The molecule has 5 atom stereocenters. The second-order valence-corrected chi connectivity index (χ2v) is 12.8. The minimum absolute atomic E-state index is 0.110. The van der Waals surface area contributed by atoms with Crippen molar-refractivity contribution in [3.8, 4) is 0 Å². The molecule has 1 saturated carbocycles. The van der Waals surface area contributed by atoms with E-state index in [9.17, 15) is 14.4 Å². The molecule has 4 aliphatic heterocycles. The highest BCUT2D eigenvalue weighted by Crippen LogP contribution is 2.55. The van der Waals surface area contributed by atoms with Gasteiger partial charge in [0, 0.05) is 18.3 Å². The highest BCUT2D eigenvalue weighted by molar-refractivity contribution is 6.42. The number of benzene rings is 1. The zero-order chi connectivity index (χ0) is 27.9. The first-order valence-corrected chi connectivity index (χ1v) is 15.6. The first-order chi connectivity index (χ1) is 19.4. The fourth-order valence-electron chi connectivity index (χ4n) is 7.48. The van der Waals surface area contributed by atoms with Crippen molar-refractivity contribution in [1.82, 2.24) is 15.1 Å². The first-order valence-electron chi connectivity index (χ1n) is 14.8. The van der Waals surface area contributed by atoms with E-state index in [2.05, 4.69) is 15.5 Å². The van der Waals surface area contributed by atoms with Crippen LogP contribution in [0.15, 0.2) is 30.4 Å². The molecule has 3 amide bonds. The average Bonchev–Trinajstić information content (AvgIpc) is 3.59. The van der Waals surface area contributed by atoms with Crippen molar-refractivity contribution in [2.75, 3.05) is 31.5 Å². The minimum Gasteiger partial charge on any atom is -0.359 e. The zero-order valence-corrected chi connectivity index (χ0v) is 24.3. The zero-order valence-electron chi connectivity index (χ0n) is 22.7. The Balaban J connectivity index is 1.24. The molecule has 4 heterocycles. The van der Waals surface area contributed by atoms with Gasteiger partial charge >= 0.3 is 0 Å². The second-order valence-electron chi connectivity index (χ2n) is 12.0. The van der Waals surface area contributed by atoms with Gasteiger partial charge in [-0.3, -0.25) is 14.4 Å². The number of carbonyl (C=O) groups is 3. The van der Waals surface area contributed by atoms with Gasteiger partial charge in [-0.1, -0.05) is 61.0 Å². The molecule has 1 aliphatic carbocycles. The molecule has 40 heavy (non-hydrogen) atoms. The third-order valence-electron chi connectivity index (χ3n) is 9.39. The van der Waals surface area contributed by atoms with Crippen molar-refractivity contribution in [1.29, 1.82) is 0 Å². The normalized spacial score (nSPS) is 31.9. The van der Waals surface area contributed by atoms with Crippen LogP contribution in [0.2, 0.25) is 10.0 Å². The topological polar surface area (TPSA) is 91.0 Å². The lowest BCUT2D eigenvalue weighted by Gasteiger charge is -2.34. The number of likely N-dealkylation sites (tertiary alicyclic amines) is 2. The van der Waals surface area contributed by atoms with Crippen LogP contribution in [-0.4, -0.2) is 77.5 Å². The van der Waals surface area contributed by atoms with Gasteiger partial charge in [0.15, 0.2) is 0 Å². The Morgan fingerprint density at radius 3 is 2.48 bits per heavy atom. The minimum atomic E-state index is -1.15. The summed E-state index contributed by atoms with van der Waals surface area (Å²) in [4.78, 5) is 45.8. The molecule has 216 valence electrons. The molecular formula is C30H38Cl2N4O4. The quantitative estimate of drug-likeness (QED) is 0.439. The van der Waals surface area contributed by atoms with Gasteiger partial charge in [0.2, 0.25) is 17.7 Å². The summed E-state index contributed by atoms with van der Waals surface area (Å²) in [6.45, 7) is 3.51. The maximum Gasteiger partial charge on any atom is 0.246 e. The summed E-state index contributed by atoms with van der Waals surface area (Å²) in [5.41, 5.74) is -0.652. The fraction of sp³-hybridized carbons (Fsp3) is 0.633. The van der Waals surface area contributed by atoms with E-state index < -0.39 is 29.6 Å². The van der Waals surface area contributed by atoms with Crippen molar-refractivity contribution in [2.45, 2.75) is 81.6 Å². The summed E-state index contributed by atoms with van der Waals surface area (Å²) in [6, 6.07) is 4.20. The van der Waals surface area contributed by atoms with Crippen LogP contribution < -0.4 is 10.6 Å². The van der Waals surface area contributed by atoms with Crippen LogP contribution in [0, 0.1) is 11.8 Å². The van der Waals surface area contributed by atoms with Crippen molar-refractivity contribution < 1.29 is 19.1 Å². The van der Waals surface area contributed by atoms with Crippen molar-refractivity contribution >= 4 is 46.6 Å². The van der Waals surface area contributed by atoms with Gasteiger partial charge in [-0.05, 0) is 69.9 Å². The highest BCUT2D eigenvalue weighted by Gasteiger charge is 2.72. The Labute approximate surface area is 245 Å². The molecule has 0 unspecified atom stereocenters. The fourth-order valence-corrected chi connectivity index (χ4v) is 7.78. The molecule has 1 aromatic carbocycles. The van der Waals surface area contributed by atoms with Crippen molar-refractivity contribution in [3.05, 3.63) is 40.4 Å². The third-order valence-corrected chi connectivity index (χ3v) is 10.1. The number of amides is 3. The van der Waals surface area contributed by atoms with Crippen molar-refractivity contribution in [2.24, 2.45) is 11.8 Å². The number of carbonyl (C=O) groups excluding carboxylic acids is 3. The van der Waals surface area contributed by atoms with E-state index in [1.54, 1.807) is 23.1 Å². The van der Waals surface area contributed by atoms with Gasteiger partial charge in [-0.15, -0.1) is 0 Å². The van der Waals surface area contributed by atoms with Crippen LogP contribution in [0.1, 0.15) is 57.8 Å². The molecule has 3 saturated heterocycles. The summed E-state index contributed by atoms with van der Waals surface area (Å²) in [6.07, 6.45) is 12.9. The molecule has 10 heteroatoms. The van der Waals surface area contributed by atoms with E-state index in [0.29, 0.717) is 22.3 Å². The summed E-state index contributed by atoms with van der Waals surface area (Å²) < 4.78 is 6.47. The summed E-state index contributed by atoms with van der Waals surface area (Å²) in [7, 11) is 0. The Hall–Kier alpha value is -2.13. The van der Waals surface area contributed by atoms with Crippen LogP contribution in [0.4, 0.5) is 5.69 Å². The summed E-state index contributed by atoms with van der Waals surface area (Å²) >= 11 is 12.2.